The van der Waals surface area contributed by atoms with Crippen LogP contribution >= 0.6 is 0 Å². The molecule has 22 heteroatoms. The lowest BCUT2D eigenvalue weighted by atomic mass is 9.71. The molecule has 1 saturated heterocycles. The third kappa shape index (κ3) is 9.32. The monoisotopic (exact) mass is 1140 g/mol. The first-order valence-corrected chi connectivity index (χ1v) is 26.7. The highest BCUT2D eigenvalue weighted by Crippen LogP contribution is 2.59. The van der Waals surface area contributed by atoms with Crippen LogP contribution in [0.25, 0.3) is 44.3 Å². The Kier molecular flexibility index (Phi) is 14.6. The summed E-state index contributed by atoms with van der Waals surface area (Å²) in [4.78, 5) is 74.2. The quantitative estimate of drug-likeness (QED) is 0.0417. The summed E-state index contributed by atoms with van der Waals surface area (Å²) in [5, 5.41) is 64.9. The van der Waals surface area contributed by atoms with Gasteiger partial charge in [-0.2, -0.15) is 5.26 Å². The lowest BCUT2D eigenvalue weighted by Gasteiger charge is -2.60. The van der Waals surface area contributed by atoms with Crippen molar-refractivity contribution in [1.82, 2.24) is 30.7 Å². The number of piperazine rings is 1. The number of nitrogens with zero attached hydrogens (tertiary/aromatic N) is 4. The van der Waals surface area contributed by atoms with Crippen molar-refractivity contribution in [2.75, 3.05) is 55.3 Å². The zero-order chi connectivity index (χ0) is 59.6. The largest absolute Gasteiger partial charge is 0.508 e. The van der Waals surface area contributed by atoms with Crippen molar-refractivity contribution in [1.29, 1.82) is 5.26 Å². The van der Waals surface area contributed by atoms with Gasteiger partial charge >= 0.3 is 5.97 Å². The summed E-state index contributed by atoms with van der Waals surface area (Å²) >= 11 is 0. The van der Waals surface area contributed by atoms with E-state index in [2.05, 4.69) is 31.9 Å². The van der Waals surface area contributed by atoms with Crippen LogP contribution in [0, 0.1) is 25.2 Å². The maximum atomic E-state index is 14.3. The zero-order valence-corrected chi connectivity index (χ0v) is 46.6. The molecule has 4 aliphatic heterocycles. The minimum absolute atomic E-state index is 0.0287. The van der Waals surface area contributed by atoms with Crippen molar-refractivity contribution >= 4 is 45.6 Å². The Labute approximate surface area is 479 Å². The zero-order valence-electron chi connectivity index (χ0n) is 46.6. The van der Waals surface area contributed by atoms with Gasteiger partial charge in [0.05, 0.1) is 64.2 Å². The number of hydrogen-bond acceptors (Lipinski definition) is 18. The molecule has 1 aromatic heterocycles. The fourth-order valence-electron chi connectivity index (χ4n) is 12.8. The molecule has 2 bridgehead atoms. The fourth-order valence-corrected chi connectivity index (χ4v) is 12.8. The number of phenols is 3. The second-order valence-corrected chi connectivity index (χ2v) is 20.8. The van der Waals surface area contributed by atoms with Gasteiger partial charge in [0.1, 0.15) is 46.1 Å². The number of carbonyl (C=O) groups is 4. The van der Waals surface area contributed by atoms with Crippen LogP contribution in [0.3, 0.4) is 0 Å². The molecule has 22 nitrogen and oxygen atoms in total. The van der Waals surface area contributed by atoms with E-state index in [1.165, 1.54) is 69.9 Å². The van der Waals surface area contributed by atoms with Crippen molar-refractivity contribution in [2.24, 2.45) is 0 Å². The number of likely N-dealkylation sites (N-methyl/N-ethyl adjacent to an activating group) is 1. The Morgan fingerprint density at radius 3 is 2.12 bits per heavy atom. The standard InChI is InChI=1S/C62H57N7O15/c1-28-56(79-4)39-23-44-53-52-40(57(80-5)29(2)59(82-7)55(52)74)22-43(68(53)3)45(24-63)69(44)46(51(39)54(73)58(28)81-6)25-64-61(76)42-16-9-30-18-34(12-17-41(30)67-42)83-27-66-49(72)26-65-60(75)31-8-13-35(38(19-31)62(77)78)50-36-14-10-32(70)20-47(36)84-48-21-33(71)11-15-37(48)50/h8-21,43-46,53,70,73-74H,22-23,25-27H2,1-7H3,(H,64,76)(H,65,75)(H,66,72)(H,77,78)/t43-,44-,45-,46-,53-/m0/s1. The average Bonchev–Trinajstić information content (AvgIpc) is 0.947. The number of pyridine rings is 1. The molecule has 0 saturated carbocycles. The molecule has 5 aromatic carbocycles. The number of nitrogens with one attached hydrogen (secondary N) is 3. The summed E-state index contributed by atoms with van der Waals surface area (Å²) in [6.07, 6.45) is 0.625. The molecule has 5 heterocycles. The number of aromatic nitrogens is 1. The number of fused-ring (bicyclic) bond motifs is 10. The molecule has 5 aliphatic rings. The molecule has 5 atom stereocenters. The van der Waals surface area contributed by atoms with Crippen LogP contribution in [0.5, 0.6) is 46.0 Å². The summed E-state index contributed by atoms with van der Waals surface area (Å²) in [7, 11) is 7.97. The second kappa shape index (κ2) is 22.0. The van der Waals surface area contributed by atoms with E-state index in [0.29, 0.717) is 78.9 Å². The molecule has 0 unspecified atom stereocenters. The predicted octanol–water partition coefficient (Wildman–Crippen LogP) is 6.66. The van der Waals surface area contributed by atoms with Crippen LogP contribution in [-0.4, -0.2) is 132 Å². The maximum Gasteiger partial charge on any atom is 0.336 e. The number of benzene rings is 6. The van der Waals surface area contributed by atoms with Gasteiger partial charge in [0.15, 0.2) is 35.2 Å². The van der Waals surface area contributed by atoms with E-state index >= 15 is 0 Å². The number of amides is 3. The highest BCUT2D eigenvalue weighted by molar-refractivity contribution is 6.09. The number of hydrogen-bond donors (Lipinski definition) is 7. The van der Waals surface area contributed by atoms with Gasteiger partial charge in [-0.25, -0.2) is 9.78 Å². The molecule has 3 amide bonds. The number of aromatic hydroxyl groups is 3. The minimum atomic E-state index is -1.34. The number of carboxylic acid groups (broad SMARTS) is 1. The van der Waals surface area contributed by atoms with Crippen molar-refractivity contribution < 1.29 is 67.7 Å². The van der Waals surface area contributed by atoms with Crippen LogP contribution in [0.1, 0.15) is 76.7 Å². The van der Waals surface area contributed by atoms with Gasteiger partial charge in [-0.05, 0) is 100.0 Å². The smallest absolute Gasteiger partial charge is 0.336 e. The minimum Gasteiger partial charge on any atom is -0.508 e. The molecule has 7 N–H and O–H groups in total. The van der Waals surface area contributed by atoms with Gasteiger partial charge < -0.3 is 64.5 Å². The number of nitriles is 1. The normalized spacial score (nSPS) is 18.0. The Morgan fingerprint density at radius 2 is 1.43 bits per heavy atom. The Morgan fingerprint density at radius 1 is 0.750 bits per heavy atom. The topological polar surface area (TPSA) is 305 Å². The highest BCUT2D eigenvalue weighted by Gasteiger charge is 2.57. The molecule has 0 radical (unpaired) electrons. The SMILES string of the molecule is COc1c(C)c(OC)c2c(c1O)[C@@H]1[C@@H]3Cc4c(OC)c(C)c(OC)c(O)c4[C@H](CNC(=O)c4ccc5cc(OCNC(=O)CNC(=O)c6ccc(-c7c8ccc(=O)cc-8oc8cc(O)ccc78)c(C(=O)O)c6)ccc5n4)N3[C@@H](C#N)[C@H](C2)N1C. The van der Waals surface area contributed by atoms with E-state index in [1.54, 1.807) is 50.4 Å². The molecular weight excluding hydrogens is 1080 g/mol. The summed E-state index contributed by atoms with van der Waals surface area (Å²) in [5.41, 5.74) is 4.85. The number of carbonyl (C=O) groups excluding carboxylic acids is 3. The molecular formula is C62H57N7O15. The van der Waals surface area contributed by atoms with Crippen LogP contribution < -0.4 is 45.1 Å². The van der Waals surface area contributed by atoms with E-state index in [1.807, 2.05) is 18.9 Å². The maximum absolute atomic E-state index is 14.3. The van der Waals surface area contributed by atoms with Crippen LogP contribution in [-0.2, 0) is 17.6 Å². The Bertz CT molecular complexity index is 4140. The molecule has 6 aromatic rings. The summed E-state index contributed by atoms with van der Waals surface area (Å²) in [6.45, 7) is 2.74. The van der Waals surface area contributed by atoms with Gasteiger partial charge in [0.25, 0.3) is 11.8 Å². The van der Waals surface area contributed by atoms with E-state index in [0.717, 1.165) is 5.56 Å². The average molecular weight is 1140 g/mol. The Balaban J connectivity index is 0.773. The summed E-state index contributed by atoms with van der Waals surface area (Å²) in [5.74, 6) is -1.46. The Hall–Kier alpha value is -10.1. The van der Waals surface area contributed by atoms with Gasteiger partial charge in [0, 0.05) is 91.6 Å². The molecule has 11 rings (SSSR count). The van der Waals surface area contributed by atoms with Crippen molar-refractivity contribution in [3.63, 3.8) is 0 Å². The summed E-state index contributed by atoms with van der Waals surface area (Å²) < 4.78 is 35.2. The number of phenolic OH excluding ortho intramolecular Hbond substituents is 3. The fraction of sp³-hybridized carbons (Fsp3) is 0.274. The number of rotatable bonds is 15. The lowest BCUT2D eigenvalue weighted by molar-refractivity contribution is -0.121. The van der Waals surface area contributed by atoms with Gasteiger partial charge in [-0.3, -0.25) is 29.0 Å². The molecule has 0 spiro atoms. The molecule has 430 valence electrons. The van der Waals surface area contributed by atoms with Crippen molar-refractivity contribution in [3.05, 3.63) is 145 Å². The van der Waals surface area contributed by atoms with Gasteiger partial charge in [0.2, 0.25) is 5.91 Å². The highest BCUT2D eigenvalue weighted by atomic mass is 16.5. The van der Waals surface area contributed by atoms with Crippen LogP contribution in [0.4, 0.5) is 0 Å². The van der Waals surface area contributed by atoms with E-state index in [4.69, 9.17) is 28.1 Å². The second-order valence-electron chi connectivity index (χ2n) is 20.8. The molecule has 1 aliphatic carbocycles. The van der Waals surface area contributed by atoms with E-state index < -0.39 is 60.4 Å². The molecule has 1 fully saturated rings. The van der Waals surface area contributed by atoms with E-state index in [9.17, 15) is 49.7 Å². The first-order chi connectivity index (χ1) is 40.4. The van der Waals surface area contributed by atoms with Gasteiger partial charge in [-0.1, -0.05) is 12.1 Å². The van der Waals surface area contributed by atoms with Gasteiger partial charge in [-0.15, -0.1) is 0 Å². The van der Waals surface area contributed by atoms with Crippen LogP contribution in [0.15, 0.2) is 94.1 Å². The number of carboxylic acids is 1. The third-order valence-corrected chi connectivity index (χ3v) is 16.4. The molecule has 84 heavy (non-hydrogen) atoms. The first kappa shape index (κ1) is 55.8. The number of ether oxygens (including phenoxy) is 5. The number of aromatic carboxylic acids is 1. The summed E-state index contributed by atoms with van der Waals surface area (Å²) in [6, 6.07) is 20.2. The van der Waals surface area contributed by atoms with Crippen LogP contribution in [0.2, 0.25) is 0 Å². The predicted molar refractivity (Wildman–Crippen MR) is 305 cm³/mol. The first-order valence-electron chi connectivity index (χ1n) is 26.7. The third-order valence-electron chi connectivity index (χ3n) is 16.4. The lowest BCUT2D eigenvalue weighted by Crippen LogP contribution is -2.68. The van der Waals surface area contributed by atoms with Crippen molar-refractivity contribution in [2.45, 2.75) is 56.9 Å². The van der Waals surface area contributed by atoms with E-state index in [-0.39, 0.29) is 87.6 Å². The number of methoxy groups -OCH3 is 4. The van der Waals surface area contributed by atoms with Crippen molar-refractivity contribution in [3.8, 4) is 74.5 Å².